The summed E-state index contributed by atoms with van der Waals surface area (Å²) in [4.78, 5) is 32.8. The van der Waals surface area contributed by atoms with Crippen LogP contribution in [0.1, 0.15) is 13.3 Å². The number of nitrogens with zero attached hydrogens (tertiary/aromatic N) is 5. The smallest absolute Gasteiger partial charge is 0.225 e. The lowest BCUT2D eigenvalue weighted by Gasteiger charge is -2.05. The zero-order valence-electron chi connectivity index (χ0n) is 19.1. The number of imidazole rings is 1. The van der Waals surface area contributed by atoms with Crippen LogP contribution in [0, 0.1) is 5.82 Å². The van der Waals surface area contributed by atoms with E-state index in [1.165, 1.54) is 12.1 Å². The molecule has 1 aromatic carbocycles. The Hall–Kier alpha value is -4.99. The van der Waals surface area contributed by atoms with Crippen molar-refractivity contribution in [2.24, 2.45) is 0 Å². The molecule has 0 saturated heterocycles. The minimum Gasteiger partial charge on any atom is -0.335 e. The molecule has 0 aliphatic heterocycles. The summed E-state index contributed by atoms with van der Waals surface area (Å²) < 4.78 is 13.8. The Morgan fingerprint density at radius 3 is 2.69 bits per heavy atom. The lowest BCUT2D eigenvalue weighted by Crippen LogP contribution is -2.10. The molecule has 5 heterocycles. The van der Waals surface area contributed by atoms with E-state index in [4.69, 9.17) is 4.98 Å². The van der Waals surface area contributed by atoms with Crippen LogP contribution in [0.3, 0.4) is 0 Å². The van der Waals surface area contributed by atoms with Gasteiger partial charge in [0.1, 0.15) is 17.3 Å². The fourth-order valence-corrected chi connectivity index (χ4v) is 4.02. The summed E-state index contributed by atoms with van der Waals surface area (Å²) in [6.45, 7) is 1.79. The monoisotopic (exact) mass is 478 g/mol. The van der Waals surface area contributed by atoms with Gasteiger partial charge in [0.15, 0.2) is 11.5 Å². The number of pyridine rings is 3. The molecule has 0 aliphatic carbocycles. The summed E-state index contributed by atoms with van der Waals surface area (Å²) in [6, 6.07) is 11.9. The van der Waals surface area contributed by atoms with Crippen LogP contribution in [0.15, 0.2) is 67.3 Å². The molecule has 0 atom stereocenters. The molecule has 0 fully saturated rings. The van der Waals surface area contributed by atoms with Crippen molar-refractivity contribution in [3.05, 3.63) is 73.1 Å². The Labute approximate surface area is 203 Å². The first-order valence-corrected chi connectivity index (χ1v) is 11.3. The van der Waals surface area contributed by atoms with Crippen molar-refractivity contribution in [2.75, 3.05) is 5.32 Å². The number of fused-ring (bicyclic) bond motifs is 2. The van der Waals surface area contributed by atoms with Gasteiger partial charge in [-0.2, -0.15) is 5.10 Å². The number of anilines is 1. The number of aromatic amines is 2. The van der Waals surface area contributed by atoms with Crippen molar-refractivity contribution in [1.82, 2.24) is 35.1 Å². The molecule has 0 bridgehead atoms. The predicted octanol–water partition coefficient (Wildman–Crippen LogP) is 5.11. The molecule has 10 heteroatoms. The van der Waals surface area contributed by atoms with Gasteiger partial charge in [-0.3, -0.25) is 14.9 Å². The average molecular weight is 478 g/mol. The SMILES string of the molecule is CCC(=O)Nc1ccc(-c2cnc3[nH]nc(-c4nc5c(-c6cccc(F)c6)cncc5[nH]4)c3c2)cn1. The number of H-pyrrole nitrogens is 2. The number of carbonyl (C=O) groups excluding carboxylic acids is 1. The van der Waals surface area contributed by atoms with Gasteiger partial charge in [-0.15, -0.1) is 0 Å². The molecule has 0 spiro atoms. The van der Waals surface area contributed by atoms with Gasteiger partial charge in [-0.1, -0.05) is 19.1 Å². The molecule has 36 heavy (non-hydrogen) atoms. The number of hydrogen-bond donors (Lipinski definition) is 3. The zero-order chi connectivity index (χ0) is 24.6. The second-order valence-electron chi connectivity index (χ2n) is 8.21. The van der Waals surface area contributed by atoms with Crippen molar-refractivity contribution in [3.63, 3.8) is 0 Å². The van der Waals surface area contributed by atoms with Crippen LogP contribution in [-0.2, 0) is 4.79 Å². The van der Waals surface area contributed by atoms with E-state index in [0.29, 0.717) is 46.0 Å². The van der Waals surface area contributed by atoms with Gasteiger partial charge in [-0.05, 0) is 35.9 Å². The van der Waals surface area contributed by atoms with Gasteiger partial charge in [0.2, 0.25) is 5.91 Å². The van der Waals surface area contributed by atoms with Crippen LogP contribution in [0.5, 0.6) is 0 Å². The van der Waals surface area contributed by atoms with E-state index in [1.54, 1.807) is 43.8 Å². The standard InChI is InChI=1S/C26H19FN8O/c1-2-22(36)32-21-7-6-15(10-29-21)16-9-18-24(34-35-25(18)30-11-16)26-31-20-13-28-12-19(23(20)33-26)14-4-3-5-17(27)8-14/h3-13H,2H2,1H3,(H,31,33)(H,29,32,36)(H,30,34,35). The summed E-state index contributed by atoms with van der Waals surface area (Å²) in [5.41, 5.74) is 5.67. The summed E-state index contributed by atoms with van der Waals surface area (Å²) in [5.74, 6) is 0.612. The third-order valence-corrected chi connectivity index (χ3v) is 5.86. The number of hydrogen-bond acceptors (Lipinski definition) is 6. The van der Waals surface area contributed by atoms with E-state index in [1.807, 2.05) is 18.2 Å². The maximum absolute atomic E-state index is 13.8. The second-order valence-corrected chi connectivity index (χ2v) is 8.21. The third kappa shape index (κ3) is 3.84. The second kappa shape index (κ2) is 8.66. The number of aromatic nitrogens is 7. The Morgan fingerprint density at radius 1 is 1.00 bits per heavy atom. The van der Waals surface area contributed by atoms with Gasteiger partial charge >= 0.3 is 0 Å². The lowest BCUT2D eigenvalue weighted by atomic mass is 10.1. The van der Waals surface area contributed by atoms with Crippen LogP contribution in [0.4, 0.5) is 10.2 Å². The molecule has 176 valence electrons. The summed E-state index contributed by atoms with van der Waals surface area (Å²) in [7, 11) is 0. The van der Waals surface area contributed by atoms with Crippen LogP contribution in [-0.4, -0.2) is 41.0 Å². The minimum absolute atomic E-state index is 0.0945. The first-order chi connectivity index (χ1) is 17.6. The van der Waals surface area contributed by atoms with Crippen LogP contribution in [0.25, 0.3) is 55.8 Å². The number of halogens is 1. The van der Waals surface area contributed by atoms with Gasteiger partial charge in [0.05, 0.1) is 22.6 Å². The highest BCUT2D eigenvalue weighted by Gasteiger charge is 2.17. The number of amides is 1. The first kappa shape index (κ1) is 21.5. The van der Waals surface area contributed by atoms with Gasteiger partial charge in [-0.25, -0.2) is 19.3 Å². The topological polar surface area (TPSA) is 125 Å². The highest BCUT2D eigenvalue weighted by atomic mass is 19.1. The van der Waals surface area contributed by atoms with Crippen molar-refractivity contribution in [2.45, 2.75) is 13.3 Å². The Balaban J connectivity index is 1.40. The third-order valence-electron chi connectivity index (χ3n) is 5.86. The number of rotatable bonds is 5. The van der Waals surface area contributed by atoms with E-state index < -0.39 is 0 Å². The van der Waals surface area contributed by atoms with Crippen LogP contribution < -0.4 is 5.32 Å². The largest absolute Gasteiger partial charge is 0.335 e. The maximum atomic E-state index is 13.8. The van der Waals surface area contributed by atoms with E-state index in [9.17, 15) is 9.18 Å². The summed E-state index contributed by atoms with van der Waals surface area (Å²) in [5, 5.41) is 10.9. The van der Waals surface area contributed by atoms with E-state index >= 15 is 0 Å². The van der Waals surface area contributed by atoms with E-state index in [2.05, 4.69) is 35.5 Å². The van der Waals surface area contributed by atoms with Crippen LogP contribution >= 0.6 is 0 Å². The molecule has 0 saturated carbocycles. The van der Waals surface area contributed by atoms with Gasteiger partial charge < -0.3 is 10.3 Å². The summed E-state index contributed by atoms with van der Waals surface area (Å²) in [6.07, 6.45) is 7.15. The fourth-order valence-electron chi connectivity index (χ4n) is 4.02. The zero-order valence-corrected chi connectivity index (χ0v) is 19.1. The summed E-state index contributed by atoms with van der Waals surface area (Å²) >= 11 is 0. The quantitative estimate of drug-likeness (QED) is 0.316. The average Bonchev–Trinajstić information content (AvgIpc) is 3.52. The predicted molar refractivity (Wildman–Crippen MR) is 134 cm³/mol. The molecule has 3 N–H and O–H groups in total. The molecular formula is C26H19FN8O. The van der Waals surface area contributed by atoms with Crippen LogP contribution in [0.2, 0.25) is 0 Å². The van der Waals surface area contributed by atoms with E-state index in [-0.39, 0.29) is 11.7 Å². The van der Waals surface area contributed by atoms with Crippen molar-refractivity contribution < 1.29 is 9.18 Å². The normalized spacial score (nSPS) is 11.3. The van der Waals surface area contributed by atoms with Gasteiger partial charge in [0.25, 0.3) is 0 Å². The molecule has 6 rings (SSSR count). The molecule has 0 radical (unpaired) electrons. The Bertz CT molecular complexity index is 1740. The number of benzene rings is 1. The molecule has 9 nitrogen and oxygen atoms in total. The van der Waals surface area contributed by atoms with E-state index in [0.717, 1.165) is 22.1 Å². The molecule has 0 unspecified atom stereocenters. The lowest BCUT2D eigenvalue weighted by molar-refractivity contribution is -0.115. The van der Waals surface area contributed by atoms with Gasteiger partial charge in [0, 0.05) is 41.7 Å². The maximum Gasteiger partial charge on any atom is 0.225 e. The highest BCUT2D eigenvalue weighted by Crippen LogP contribution is 2.32. The number of carbonyl (C=O) groups is 1. The minimum atomic E-state index is -0.326. The molecule has 6 aromatic rings. The van der Waals surface area contributed by atoms with Crippen molar-refractivity contribution >= 4 is 33.8 Å². The molecule has 1 amide bonds. The molecular weight excluding hydrogens is 459 g/mol. The van der Waals surface area contributed by atoms with Crippen molar-refractivity contribution in [1.29, 1.82) is 0 Å². The molecule has 0 aliphatic rings. The van der Waals surface area contributed by atoms with Crippen molar-refractivity contribution in [3.8, 4) is 33.8 Å². The Kier molecular flexibility index (Phi) is 5.18. The number of nitrogens with one attached hydrogen (secondary N) is 3. The molecule has 5 aromatic heterocycles. The first-order valence-electron chi connectivity index (χ1n) is 11.3. The fraction of sp³-hybridized carbons (Fsp3) is 0.0769. The Morgan fingerprint density at radius 2 is 1.89 bits per heavy atom. The highest BCUT2D eigenvalue weighted by molar-refractivity contribution is 5.97.